The molecule has 0 bridgehead atoms. The molecule has 3 aromatic rings. The van der Waals surface area contributed by atoms with Crippen molar-refractivity contribution in [3.63, 3.8) is 0 Å². The van der Waals surface area contributed by atoms with Crippen molar-refractivity contribution in [2.24, 2.45) is 0 Å². The van der Waals surface area contributed by atoms with Gasteiger partial charge in [-0.25, -0.2) is 4.79 Å². The van der Waals surface area contributed by atoms with Crippen molar-refractivity contribution in [2.75, 3.05) is 14.2 Å². The number of imide groups is 1. The Morgan fingerprint density at radius 2 is 1.89 bits per heavy atom. The number of hydrogen-bond donors (Lipinski definition) is 0. The molecule has 0 saturated carbocycles. The Hall–Kier alpha value is -3.69. The number of methoxy groups -OCH3 is 2. The Kier molecular flexibility index (Phi) is 7.48. The molecule has 0 atom stereocenters. The van der Waals surface area contributed by atoms with Gasteiger partial charge in [-0.1, -0.05) is 35.9 Å². The van der Waals surface area contributed by atoms with Gasteiger partial charge in [0, 0.05) is 5.02 Å². The van der Waals surface area contributed by atoms with Gasteiger partial charge in [-0.2, -0.15) is 0 Å². The summed E-state index contributed by atoms with van der Waals surface area (Å²) in [6.07, 6.45) is 1.62. The molecule has 0 spiro atoms. The van der Waals surface area contributed by atoms with E-state index < -0.39 is 11.9 Å². The number of halogens is 1. The molecule has 2 amide bonds. The summed E-state index contributed by atoms with van der Waals surface area (Å²) in [4.78, 5) is 38.3. The van der Waals surface area contributed by atoms with Crippen LogP contribution >= 0.6 is 23.4 Å². The lowest BCUT2D eigenvalue weighted by molar-refractivity contribution is -0.123. The monoisotopic (exact) mass is 513 g/mol. The Bertz CT molecular complexity index is 1320. The lowest BCUT2D eigenvalue weighted by Crippen LogP contribution is -2.27. The fourth-order valence-corrected chi connectivity index (χ4v) is 4.33. The lowest BCUT2D eigenvalue weighted by Gasteiger charge is -2.13. The van der Waals surface area contributed by atoms with Gasteiger partial charge in [-0.05, 0) is 59.3 Å². The third-order valence-corrected chi connectivity index (χ3v) is 6.34. The quantitative estimate of drug-likeness (QED) is 0.286. The maximum Gasteiger partial charge on any atom is 0.373 e. The minimum absolute atomic E-state index is 0.0631. The summed E-state index contributed by atoms with van der Waals surface area (Å²) in [5.74, 6) is 0.412. The van der Waals surface area contributed by atoms with Gasteiger partial charge in [0.15, 0.2) is 11.5 Å². The summed E-state index contributed by atoms with van der Waals surface area (Å²) in [5.41, 5.74) is 1.35. The van der Waals surface area contributed by atoms with E-state index >= 15 is 0 Å². The van der Waals surface area contributed by atoms with Crippen molar-refractivity contribution >= 4 is 46.6 Å². The van der Waals surface area contributed by atoms with E-state index in [4.69, 9.17) is 25.5 Å². The Morgan fingerprint density at radius 1 is 1.09 bits per heavy atom. The summed E-state index contributed by atoms with van der Waals surface area (Å²) in [5, 5.41) is 0.129. The van der Waals surface area contributed by atoms with Crippen LogP contribution < -0.4 is 9.47 Å². The van der Waals surface area contributed by atoms with Crippen LogP contribution in [-0.4, -0.2) is 36.2 Å². The highest BCUT2D eigenvalue weighted by Crippen LogP contribution is 2.36. The zero-order chi connectivity index (χ0) is 24.9. The molecule has 10 heteroatoms. The van der Waals surface area contributed by atoms with E-state index in [0.717, 1.165) is 11.8 Å². The third kappa shape index (κ3) is 5.52. The predicted octanol–water partition coefficient (Wildman–Crippen LogP) is 5.54. The van der Waals surface area contributed by atoms with Gasteiger partial charge in [0.25, 0.3) is 11.1 Å². The van der Waals surface area contributed by atoms with Crippen molar-refractivity contribution in [1.82, 2.24) is 4.90 Å². The molecule has 2 aromatic carbocycles. The molecule has 180 valence electrons. The van der Waals surface area contributed by atoms with E-state index in [9.17, 15) is 14.4 Å². The zero-order valence-electron chi connectivity index (χ0n) is 18.8. The van der Waals surface area contributed by atoms with Crippen LogP contribution in [0, 0.1) is 0 Å². The molecule has 8 nitrogen and oxygen atoms in total. The fourth-order valence-electron chi connectivity index (χ4n) is 3.29. The van der Waals surface area contributed by atoms with E-state index in [1.54, 1.807) is 54.6 Å². The van der Waals surface area contributed by atoms with E-state index in [1.807, 2.05) is 0 Å². The van der Waals surface area contributed by atoms with Crippen LogP contribution in [0.5, 0.6) is 11.5 Å². The van der Waals surface area contributed by atoms with Gasteiger partial charge in [-0.15, -0.1) is 0 Å². The standard InChI is InChI=1S/C25H20ClNO7S/c1-31-21-11-15(7-9-19(21)33-14-17-8-10-20(34-17)24(29)32-2)12-22-23(28)27(25(30)35-22)13-16-5-3-4-6-18(16)26/h3-12H,13-14H2,1-2H3/b22-12+. The van der Waals surface area contributed by atoms with E-state index in [1.165, 1.54) is 25.2 Å². The predicted molar refractivity (Wildman–Crippen MR) is 130 cm³/mol. The average molecular weight is 514 g/mol. The Morgan fingerprint density at radius 3 is 2.63 bits per heavy atom. The maximum absolute atomic E-state index is 12.9. The first-order chi connectivity index (χ1) is 16.9. The van der Waals surface area contributed by atoms with Crippen LogP contribution in [0.4, 0.5) is 4.79 Å². The van der Waals surface area contributed by atoms with Crippen molar-refractivity contribution in [1.29, 1.82) is 0 Å². The van der Waals surface area contributed by atoms with Crippen LogP contribution in [0.3, 0.4) is 0 Å². The molecular formula is C25H20ClNO7S. The number of carbonyl (C=O) groups excluding carboxylic acids is 3. The van der Waals surface area contributed by atoms with Crippen molar-refractivity contribution in [2.45, 2.75) is 13.2 Å². The topological polar surface area (TPSA) is 95.3 Å². The molecular weight excluding hydrogens is 494 g/mol. The third-order valence-electron chi connectivity index (χ3n) is 5.06. The molecule has 1 fully saturated rings. The largest absolute Gasteiger partial charge is 0.493 e. The molecule has 0 N–H and O–H groups in total. The number of thioether (sulfide) groups is 1. The van der Waals surface area contributed by atoms with Gasteiger partial charge in [0.2, 0.25) is 5.76 Å². The summed E-state index contributed by atoms with van der Waals surface area (Å²) in [6.45, 7) is 0.163. The van der Waals surface area contributed by atoms with Crippen LogP contribution in [0.25, 0.3) is 6.08 Å². The van der Waals surface area contributed by atoms with E-state index in [-0.39, 0.29) is 24.2 Å². The van der Waals surface area contributed by atoms with Gasteiger partial charge in [0.1, 0.15) is 12.4 Å². The van der Waals surface area contributed by atoms with Crippen LogP contribution in [-0.2, 0) is 22.7 Å². The number of nitrogens with zero attached hydrogens (tertiary/aromatic N) is 1. The van der Waals surface area contributed by atoms with Crippen LogP contribution in [0.1, 0.15) is 27.4 Å². The van der Waals surface area contributed by atoms with E-state index in [2.05, 4.69) is 4.74 Å². The second-order valence-electron chi connectivity index (χ2n) is 7.32. The van der Waals surface area contributed by atoms with Gasteiger partial charge in [-0.3, -0.25) is 14.5 Å². The molecule has 4 rings (SSSR count). The Labute approximate surface area is 210 Å². The second-order valence-corrected chi connectivity index (χ2v) is 8.72. The molecule has 1 saturated heterocycles. The molecule has 1 aromatic heterocycles. The molecule has 1 aliphatic heterocycles. The highest BCUT2D eigenvalue weighted by atomic mass is 35.5. The number of furan rings is 1. The maximum atomic E-state index is 12.9. The Balaban J connectivity index is 1.46. The molecule has 35 heavy (non-hydrogen) atoms. The molecule has 1 aliphatic rings. The summed E-state index contributed by atoms with van der Waals surface area (Å²) < 4.78 is 21.2. The number of benzene rings is 2. The molecule has 0 unspecified atom stereocenters. The molecule has 0 radical (unpaired) electrons. The molecule has 2 heterocycles. The second kappa shape index (κ2) is 10.7. The van der Waals surface area contributed by atoms with E-state index in [0.29, 0.717) is 38.3 Å². The van der Waals surface area contributed by atoms with Gasteiger partial charge < -0.3 is 18.6 Å². The first kappa shape index (κ1) is 24.4. The van der Waals surface area contributed by atoms with Crippen molar-refractivity contribution < 1.29 is 33.0 Å². The number of amides is 2. The number of esters is 1. The highest BCUT2D eigenvalue weighted by molar-refractivity contribution is 8.18. The smallest absolute Gasteiger partial charge is 0.373 e. The summed E-state index contributed by atoms with van der Waals surface area (Å²) in [7, 11) is 2.76. The van der Waals surface area contributed by atoms with Crippen LogP contribution in [0.15, 0.2) is 63.9 Å². The minimum Gasteiger partial charge on any atom is -0.493 e. The normalized spacial score (nSPS) is 14.5. The van der Waals surface area contributed by atoms with Crippen LogP contribution in [0.2, 0.25) is 5.02 Å². The minimum atomic E-state index is -0.575. The summed E-state index contributed by atoms with van der Waals surface area (Å²) in [6, 6.07) is 15.3. The average Bonchev–Trinajstić information content (AvgIpc) is 3.44. The van der Waals surface area contributed by atoms with Crippen molar-refractivity contribution in [3.8, 4) is 11.5 Å². The number of carbonyl (C=O) groups is 3. The first-order valence-corrected chi connectivity index (χ1v) is 11.6. The summed E-state index contributed by atoms with van der Waals surface area (Å²) >= 11 is 7.04. The zero-order valence-corrected chi connectivity index (χ0v) is 20.4. The lowest BCUT2D eigenvalue weighted by atomic mass is 10.1. The first-order valence-electron chi connectivity index (χ1n) is 10.4. The number of hydrogen-bond acceptors (Lipinski definition) is 8. The fraction of sp³-hybridized carbons (Fsp3) is 0.160. The van der Waals surface area contributed by atoms with Crippen molar-refractivity contribution in [3.05, 3.63) is 87.2 Å². The SMILES string of the molecule is COC(=O)c1ccc(COc2ccc(/C=C3/SC(=O)N(Cc4ccccc4Cl)C3=O)cc2OC)o1. The molecule has 0 aliphatic carbocycles. The number of ether oxygens (including phenoxy) is 3. The van der Waals surface area contributed by atoms with Gasteiger partial charge in [0.05, 0.1) is 25.7 Å². The van der Waals surface area contributed by atoms with Gasteiger partial charge >= 0.3 is 5.97 Å². The highest BCUT2D eigenvalue weighted by Gasteiger charge is 2.35. The number of rotatable bonds is 8.